The lowest BCUT2D eigenvalue weighted by molar-refractivity contribution is -0.125. The van der Waals surface area contributed by atoms with Crippen LogP contribution in [-0.4, -0.2) is 5.91 Å². The van der Waals surface area contributed by atoms with Crippen LogP contribution in [0.1, 0.15) is 30.5 Å². The Hall–Kier alpha value is -2.29. The molecule has 21 heavy (non-hydrogen) atoms. The predicted molar refractivity (Wildman–Crippen MR) is 86.9 cm³/mol. The maximum atomic E-state index is 12.4. The van der Waals surface area contributed by atoms with Crippen molar-refractivity contribution >= 4 is 11.6 Å². The third-order valence-electron chi connectivity index (χ3n) is 3.77. The number of nitrogens with two attached hydrogens (primary N) is 1. The smallest absolute Gasteiger partial charge is 0.230 e. The molecule has 1 amide bonds. The van der Waals surface area contributed by atoms with E-state index in [9.17, 15) is 4.79 Å². The minimum Gasteiger partial charge on any atom is -0.399 e. The number of nitrogens with one attached hydrogen (secondary N) is 1. The second-order valence-corrected chi connectivity index (χ2v) is 5.92. The van der Waals surface area contributed by atoms with E-state index in [0.717, 1.165) is 11.1 Å². The van der Waals surface area contributed by atoms with E-state index < -0.39 is 5.41 Å². The monoisotopic (exact) mass is 282 g/mol. The van der Waals surface area contributed by atoms with Gasteiger partial charge in [-0.2, -0.15) is 0 Å². The van der Waals surface area contributed by atoms with E-state index in [1.165, 1.54) is 5.56 Å². The molecule has 2 rings (SSSR count). The van der Waals surface area contributed by atoms with Gasteiger partial charge in [0.2, 0.25) is 5.91 Å². The van der Waals surface area contributed by atoms with Gasteiger partial charge < -0.3 is 11.1 Å². The summed E-state index contributed by atoms with van der Waals surface area (Å²) in [7, 11) is 0. The molecule has 2 aromatic rings. The minimum atomic E-state index is -0.585. The quantitative estimate of drug-likeness (QED) is 0.846. The van der Waals surface area contributed by atoms with Gasteiger partial charge in [0.1, 0.15) is 0 Å². The van der Waals surface area contributed by atoms with E-state index in [2.05, 4.69) is 5.32 Å². The highest BCUT2D eigenvalue weighted by Crippen LogP contribution is 2.24. The van der Waals surface area contributed by atoms with Crippen molar-refractivity contribution in [1.82, 2.24) is 5.32 Å². The Morgan fingerprint density at radius 1 is 1.05 bits per heavy atom. The van der Waals surface area contributed by atoms with Crippen LogP contribution in [0.25, 0.3) is 0 Å². The van der Waals surface area contributed by atoms with Crippen molar-refractivity contribution in [3.63, 3.8) is 0 Å². The lowest BCUT2D eigenvalue weighted by Crippen LogP contribution is -2.39. The van der Waals surface area contributed by atoms with Gasteiger partial charge in [0.15, 0.2) is 0 Å². The molecule has 3 nitrogen and oxygen atoms in total. The van der Waals surface area contributed by atoms with Crippen molar-refractivity contribution in [2.75, 3.05) is 5.73 Å². The summed E-state index contributed by atoms with van der Waals surface area (Å²) in [5.74, 6) is 0.00727. The molecule has 110 valence electrons. The third kappa shape index (κ3) is 3.63. The topological polar surface area (TPSA) is 55.1 Å². The van der Waals surface area contributed by atoms with E-state index in [0.29, 0.717) is 12.2 Å². The standard InChI is InChI=1S/C18H22N2O/c1-13-4-6-14(7-5-13)12-20-17(21)18(2,3)15-8-10-16(19)11-9-15/h4-11H,12,19H2,1-3H3,(H,20,21). The lowest BCUT2D eigenvalue weighted by atomic mass is 9.83. The largest absolute Gasteiger partial charge is 0.399 e. The van der Waals surface area contributed by atoms with Crippen molar-refractivity contribution in [1.29, 1.82) is 0 Å². The lowest BCUT2D eigenvalue weighted by Gasteiger charge is -2.24. The van der Waals surface area contributed by atoms with Crippen LogP contribution < -0.4 is 11.1 Å². The molecule has 0 unspecified atom stereocenters. The van der Waals surface area contributed by atoms with Gasteiger partial charge in [0.25, 0.3) is 0 Å². The van der Waals surface area contributed by atoms with Crippen molar-refractivity contribution in [3.05, 3.63) is 65.2 Å². The summed E-state index contributed by atoms with van der Waals surface area (Å²) in [6.07, 6.45) is 0. The van der Waals surface area contributed by atoms with Crippen LogP contribution in [0.5, 0.6) is 0 Å². The summed E-state index contributed by atoms with van der Waals surface area (Å²) in [6, 6.07) is 15.6. The van der Waals surface area contributed by atoms with Gasteiger partial charge in [-0.15, -0.1) is 0 Å². The average Bonchev–Trinajstić information content (AvgIpc) is 2.46. The number of carbonyl (C=O) groups excluding carboxylic acids is 1. The number of amides is 1. The number of hydrogen-bond acceptors (Lipinski definition) is 2. The van der Waals surface area contributed by atoms with Gasteiger partial charge in [-0.05, 0) is 44.0 Å². The molecule has 0 aromatic heterocycles. The number of nitrogen functional groups attached to an aromatic ring is 1. The predicted octanol–water partition coefficient (Wildman–Crippen LogP) is 3.17. The Balaban J connectivity index is 2.04. The summed E-state index contributed by atoms with van der Waals surface area (Å²) < 4.78 is 0. The normalized spacial score (nSPS) is 11.2. The Bertz CT molecular complexity index is 613. The van der Waals surface area contributed by atoms with E-state index in [1.54, 1.807) is 0 Å². The first kappa shape index (κ1) is 15.1. The molecule has 0 saturated heterocycles. The first-order chi connectivity index (χ1) is 9.89. The van der Waals surface area contributed by atoms with Crippen molar-refractivity contribution in [3.8, 4) is 0 Å². The zero-order chi connectivity index (χ0) is 15.5. The van der Waals surface area contributed by atoms with Crippen LogP contribution >= 0.6 is 0 Å². The second kappa shape index (κ2) is 6.00. The van der Waals surface area contributed by atoms with E-state index >= 15 is 0 Å². The molecule has 3 heteroatoms. The molecular weight excluding hydrogens is 260 g/mol. The maximum absolute atomic E-state index is 12.4. The highest BCUT2D eigenvalue weighted by Gasteiger charge is 2.29. The molecule has 0 saturated carbocycles. The molecule has 0 fully saturated rings. The first-order valence-electron chi connectivity index (χ1n) is 7.09. The van der Waals surface area contributed by atoms with Crippen LogP contribution in [0, 0.1) is 6.92 Å². The average molecular weight is 282 g/mol. The fourth-order valence-corrected chi connectivity index (χ4v) is 2.14. The number of benzene rings is 2. The molecular formula is C18H22N2O. The van der Waals surface area contributed by atoms with Gasteiger partial charge in [-0.1, -0.05) is 42.0 Å². The fourth-order valence-electron chi connectivity index (χ4n) is 2.14. The number of anilines is 1. The van der Waals surface area contributed by atoms with Crippen LogP contribution in [0.15, 0.2) is 48.5 Å². The molecule has 0 bridgehead atoms. The van der Waals surface area contributed by atoms with Crippen molar-refractivity contribution in [2.24, 2.45) is 0 Å². The summed E-state index contributed by atoms with van der Waals surface area (Å²) in [5, 5.41) is 3.00. The highest BCUT2D eigenvalue weighted by molar-refractivity contribution is 5.87. The van der Waals surface area contributed by atoms with Gasteiger partial charge in [0, 0.05) is 12.2 Å². The van der Waals surface area contributed by atoms with Crippen molar-refractivity contribution in [2.45, 2.75) is 32.7 Å². The van der Waals surface area contributed by atoms with Crippen LogP contribution in [-0.2, 0) is 16.8 Å². The molecule has 0 aliphatic carbocycles. The van der Waals surface area contributed by atoms with Gasteiger partial charge >= 0.3 is 0 Å². The van der Waals surface area contributed by atoms with E-state index in [4.69, 9.17) is 5.73 Å². The summed E-state index contributed by atoms with van der Waals surface area (Å²) in [4.78, 5) is 12.4. The van der Waals surface area contributed by atoms with Gasteiger partial charge in [0.05, 0.1) is 5.41 Å². The van der Waals surface area contributed by atoms with Gasteiger partial charge in [-0.25, -0.2) is 0 Å². The first-order valence-corrected chi connectivity index (χ1v) is 7.09. The molecule has 0 aliphatic heterocycles. The molecule has 0 aliphatic rings. The molecule has 0 spiro atoms. The van der Waals surface area contributed by atoms with Crippen LogP contribution in [0.3, 0.4) is 0 Å². The molecule has 3 N–H and O–H groups in total. The number of rotatable bonds is 4. The third-order valence-corrected chi connectivity index (χ3v) is 3.77. The maximum Gasteiger partial charge on any atom is 0.230 e. The molecule has 0 atom stereocenters. The number of carbonyl (C=O) groups is 1. The Kier molecular flexibility index (Phi) is 4.32. The fraction of sp³-hybridized carbons (Fsp3) is 0.278. The minimum absolute atomic E-state index is 0.00727. The van der Waals surface area contributed by atoms with Crippen molar-refractivity contribution < 1.29 is 4.79 Å². The van der Waals surface area contributed by atoms with Crippen LogP contribution in [0.4, 0.5) is 5.69 Å². The molecule has 2 aromatic carbocycles. The Labute approximate surface area is 126 Å². The summed E-state index contributed by atoms with van der Waals surface area (Å²) in [6.45, 7) is 6.43. The molecule has 0 heterocycles. The SMILES string of the molecule is Cc1ccc(CNC(=O)C(C)(C)c2ccc(N)cc2)cc1. The second-order valence-electron chi connectivity index (χ2n) is 5.92. The number of hydrogen-bond donors (Lipinski definition) is 2. The highest BCUT2D eigenvalue weighted by atomic mass is 16.2. The molecule has 0 radical (unpaired) electrons. The summed E-state index contributed by atoms with van der Waals surface area (Å²) >= 11 is 0. The summed E-state index contributed by atoms with van der Waals surface area (Å²) in [5.41, 5.74) is 9.08. The van der Waals surface area contributed by atoms with Gasteiger partial charge in [-0.3, -0.25) is 4.79 Å². The Morgan fingerprint density at radius 2 is 1.62 bits per heavy atom. The van der Waals surface area contributed by atoms with E-state index in [-0.39, 0.29) is 5.91 Å². The number of aryl methyl sites for hydroxylation is 1. The van der Waals surface area contributed by atoms with E-state index in [1.807, 2.05) is 69.3 Å². The zero-order valence-corrected chi connectivity index (χ0v) is 12.8. The van der Waals surface area contributed by atoms with Crippen LogP contribution in [0.2, 0.25) is 0 Å². The zero-order valence-electron chi connectivity index (χ0n) is 12.8. The Morgan fingerprint density at radius 3 is 2.19 bits per heavy atom.